The summed E-state index contributed by atoms with van der Waals surface area (Å²) in [5.74, 6) is -0.921. The molecular formula is C23H36NNaO2S. The standard InChI is InChI=1S/C23H37NO2S.Na/c25-23(26)19-14-12-10-8-6-4-2-1-3-5-7-9-11-13-16-20-24-21-17-15-18-22(24)27;/h1-2,15,17-18,21H,3-14,16,19-20H2,(H,25,26);/q;+1/p-1/b2-1-;. The van der Waals surface area contributed by atoms with Gasteiger partial charge in [-0.15, -0.1) is 0 Å². The summed E-state index contributed by atoms with van der Waals surface area (Å²) in [4.78, 5) is 10.3. The van der Waals surface area contributed by atoms with Crippen molar-refractivity contribution in [1.29, 1.82) is 0 Å². The van der Waals surface area contributed by atoms with E-state index in [2.05, 4.69) is 22.9 Å². The van der Waals surface area contributed by atoms with Gasteiger partial charge >= 0.3 is 29.6 Å². The molecule has 0 aliphatic carbocycles. The van der Waals surface area contributed by atoms with Crippen LogP contribution in [0.15, 0.2) is 36.5 Å². The number of carbonyl (C=O) groups excluding carboxylic acids is 1. The molecule has 0 radical (unpaired) electrons. The Labute approximate surface area is 198 Å². The van der Waals surface area contributed by atoms with Gasteiger partial charge in [0.05, 0.1) is 0 Å². The van der Waals surface area contributed by atoms with Crippen molar-refractivity contribution in [2.24, 2.45) is 0 Å². The zero-order chi connectivity index (χ0) is 19.6. The van der Waals surface area contributed by atoms with Gasteiger partial charge in [-0.1, -0.05) is 75.4 Å². The van der Waals surface area contributed by atoms with E-state index >= 15 is 0 Å². The van der Waals surface area contributed by atoms with E-state index in [4.69, 9.17) is 12.2 Å². The molecule has 0 aliphatic heterocycles. The first-order valence-electron chi connectivity index (χ1n) is 10.7. The van der Waals surface area contributed by atoms with Crippen LogP contribution in [0.5, 0.6) is 0 Å². The predicted octanol–water partition coefficient (Wildman–Crippen LogP) is 2.99. The number of hydrogen-bond donors (Lipinski definition) is 0. The third-order valence-corrected chi connectivity index (χ3v) is 5.21. The van der Waals surface area contributed by atoms with Gasteiger partial charge < -0.3 is 14.5 Å². The number of aliphatic carboxylic acids is 1. The Morgan fingerprint density at radius 1 is 0.857 bits per heavy atom. The Bertz CT molecular complexity index is 586. The van der Waals surface area contributed by atoms with Crippen molar-refractivity contribution >= 4 is 18.2 Å². The number of hydrogen-bond acceptors (Lipinski definition) is 3. The van der Waals surface area contributed by atoms with Crippen LogP contribution < -0.4 is 34.7 Å². The molecule has 1 rings (SSSR count). The Balaban J connectivity index is 0.00000729. The molecule has 0 bridgehead atoms. The van der Waals surface area contributed by atoms with Crippen molar-refractivity contribution in [2.75, 3.05) is 0 Å². The number of carboxylic acids is 1. The average Bonchev–Trinajstić information content (AvgIpc) is 2.65. The summed E-state index contributed by atoms with van der Waals surface area (Å²) in [5.41, 5.74) is 0. The summed E-state index contributed by atoms with van der Waals surface area (Å²) in [6.07, 6.45) is 22.4. The second kappa shape index (κ2) is 19.9. The van der Waals surface area contributed by atoms with E-state index in [0.29, 0.717) is 0 Å². The summed E-state index contributed by atoms with van der Waals surface area (Å²) in [5, 5.41) is 10.3. The number of aryl methyl sites for hydroxylation is 1. The molecule has 1 aromatic heterocycles. The second-order valence-corrected chi connectivity index (χ2v) is 7.71. The first kappa shape index (κ1) is 27.6. The van der Waals surface area contributed by atoms with Crippen LogP contribution in [0.2, 0.25) is 0 Å². The van der Waals surface area contributed by atoms with Gasteiger partial charge in [0.2, 0.25) is 0 Å². The van der Waals surface area contributed by atoms with E-state index in [1.807, 2.05) is 18.2 Å². The smallest absolute Gasteiger partial charge is 0.550 e. The molecule has 0 unspecified atom stereocenters. The van der Waals surface area contributed by atoms with E-state index < -0.39 is 5.97 Å². The molecule has 28 heavy (non-hydrogen) atoms. The van der Waals surface area contributed by atoms with E-state index in [-0.39, 0.29) is 36.0 Å². The summed E-state index contributed by atoms with van der Waals surface area (Å²) in [6, 6.07) is 6.03. The number of pyridine rings is 1. The first-order valence-corrected chi connectivity index (χ1v) is 11.1. The third-order valence-electron chi connectivity index (χ3n) is 4.84. The summed E-state index contributed by atoms with van der Waals surface area (Å²) >= 11 is 5.31. The molecule has 5 heteroatoms. The minimum absolute atomic E-state index is 0. The van der Waals surface area contributed by atoms with Crippen LogP contribution in [0.4, 0.5) is 0 Å². The average molecular weight is 414 g/mol. The van der Waals surface area contributed by atoms with Crippen LogP contribution in [-0.4, -0.2) is 10.5 Å². The number of carboxylic acid groups (broad SMARTS) is 1. The zero-order valence-corrected chi connectivity index (χ0v) is 20.6. The minimum atomic E-state index is -0.921. The fourth-order valence-electron chi connectivity index (χ4n) is 3.19. The quantitative estimate of drug-likeness (QED) is 0.171. The SMILES string of the molecule is O=C([O-])CCCCCCC/C=C\CCCCCCCCn1ccccc1=S.[Na+]. The molecule has 0 amide bonds. The number of aromatic nitrogens is 1. The Hall–Kier alpha value is -0.420. The van der Waals surface area contributed by atoms with Crippen molar-refractivity contribution in [1.82, 2.24) is 4.57 Å². The van der Waals surface area contributed by atoms with Gasteiger partial charge in [0.1, 0.15) is 4.64 Å². The maximum absolute atomic E-state index is 10.3. The van der Waals surface area contributed by atoms with Crippen LogP contribution in [0.1, 0.15) is 89.9 Å². The van der Waals surface area contributed by atoms with Gasteiger partial charge in [-0.2, -0.15) is 0 Å². The molecule has 152 valence electrons. The topological polar surface area (TPSA) is 45.1 Å². The van der Waals surface area contributed by atoms with E-state index in [1.54, 1.807) is 0 Å². The summed E-state index contributed by atoms with van der Waals surface area (Å²) in [7, 11) is 0. The predicted molar refractivity (Wildman–Crippen MR) is 114 cm³/mol. The van der Waals surface area contributed by atoms with Gasteiger partial charge in [0.25, 0.3) is 0 Å². The van der Waals surface area contributed by atoms with Crippen molar-refractivity contribution < 1.29 is 39.5 Å². The number of rotatable bonds is 17. The van der Waals surface area contributed by atoms with E-state index in [9.17, 15) is 9.90 Å². The molecule has 0 fully saturated rings. The summed E-state index contributed by atoms with van der Waals surface area (Å²) in [6.45, 7) is 1.04. The maximum atomic E-state index is 10.3. The largest absolute Gasteiger partial charge is 1.00 e. The molecule has 1 aromatic rings. The van der Waals surface area contributed by atoms with Gasteiger partial charge in [0, 0.05) is 18.7 Å². The van der Waals surface area contributed by atoms with Gasteiger partial charge in [-0.05, 0) is 57.1 Å². The Morgan fingerprint density at radius 3 is 1.96 bits per heavy atom. The number of allylic oxidation sites excluding steroid dienone is 2. The molecule has 1 heterocycles. The number of unbranched alkanes of at least 4 members (excludes halogenated alkanes) is 11. The van der Waals surface area contributed by atoms with Crippen molar-refractivity contribution in [3.05, 3.63) is 41.2 Å². The van der Waals surface area contributed by atoms with Crippen LogP contribution in [-0.2, 0) is 11.3 Å². The molecule has 0 aromatic carbocycles. The second-order valence-electron chi connectivity index (χ2n) is 7.29. The van der Waals surface area contributed by atoms with Gasteiger partial charge in [-0.25, -0.2) is 0 Å². The minimum Gasteiger partial charge on any atom is -0.550 e. The molecule has 0 saturated heterocycles. The van der Waals surface area contributed by atoms with Crippen LogP contribution in [0.25, 0.3) is 0 Å². The molecule has 0 saturated carbocycles. The fraction of sp³-hybridized carbons (Fsp3) is 0.652. The first-order chi connectivity index (χ1) is 13.2. The van der Waals surface area contributed by atoms with Crippen LogP contribution >= 0.6 is 12.2 Å². The van der Waals surface area contributed by atoms with Crippen molar-refractivity contribution in [3.8, 4) is 0 Å². The normalized spacial score (nSPS) is 10.9. The Morgan fingerprint density at radius 2 is 1.39 bits per heavy atom. The van der Waals surface area contributed by atoms with Crippen molar-refractivity contribution in [3.63, 3.8) is 0 Å². The molecule has 0 atom stereocenters. The van der Waals surface area contributed by atoms with Crippen LogP contribution in [0.3, 0.4) is 0 Å². The van der Waals surface area contributed by atoms with Gasteiger partial charge in [0.15, 0.2) is 0 Å². The molecule has 0 N–H and O–H groups in total. The monoisotopic (exact) mass is 413 g/mol. The Kier molecular flexibility index (Phi) is 19.6. The third kappa shape index (κ3) is 16.5. The van der Waals surface area contributed by atoms with E-state index in [1.165, 1.54) is 57.8 Å². The van der Waals surface area contributed by atoms with Crippen LogP contribution in [0, 0.1) is 4.64 Å². The molecule has 0 spiro atoms. The molecule has 0 aliphatic rings. The fourth-order valence-corrected chi connectivity index (χ4v) is 3.43. The number of nitrogens with zero attached hydrogens (tertiary/aromatic N) is 1. The zero-order valence-electron chi connectivity index (χ0n) is 17.7. The van der Waals surface area contributed by atoms with Gasteiger partial charge in [-0.3, -0.25) is 0 Å². The molecular weight excluding hydrogens is 377 g/mol. The molecule has 3 nitrogen and oxygen atoms in total. The maximum Gasteiger partial charge on any atom is 1.00 e. The summed E-state index contributed by atoms with van der Waals surface area (Å²) < 4.78 is 3.09. The van der Waals surface area contributed by atoms with Crippen molar-refractivity contribution in [2.45, 2.75) is 96.4 Å². The number of carbonyl (C=O) groups is 1. The van der Waals surface area contributed by atoms with E-state index in [0.717, 1.165) is 36.9 Å².